The van der Waals surface area contributed by atoms with Crippen LogP contribution in [0.15, 0.2) is 97.1 Å². The van der Waals surface area contributed by atoms with Crippen molar-refractivity contribution in [3.63, 3.8) is 0 Å². The molecular formula is C28H16Cl2O5. The lowest BCUT2D eigenvalue weighted by Crippen LogP contribution is -2.20. The fraction of sp³-hybridized carbons (Fsp3) is 0.0714. The smallest absolute Gasteiger partial charge is 0.340 e. The number of rotatable bonds is 4. The van der Waals surface area contributed by atoms with E-state index in [0.717, 1.165) is 0 Å². The summed E-state index contributed by atoms with van der Waals surface area (Å²) >= 11 is 13.5. The number of esters is 2. The van der Waals surface area contributed by atoms with Gasteiger partial charge >= 0.3 is 11.9 Å². The Bertz CT molecular complexity index is 1370. The van der Waals surface area contributed by atoms with Gasteiger partial charge in [0.2, 0.25) is 10.1 Å². The molecule has 0 saturated heterocycles. The van der Waals surface area contributed by atoms with Crippen molar-refractivity contribution < 1.29 is 23.8 Å². The Labute approximate surface area is 210 Å². The summed E-state index contributed by atoms with van der Waals surface area (Å²) in [5, 5.41) is -2.75. The first-order valence-electron chi connectivity index (χ1n) is 10.8. The molecule has 172 valence electrons. The largest absolute Gasteiger partial charge is 0.457 e. The molecule has 2 aliphatic rings. The average molecular weight is 503 g/mol. The van der Waals surface area contributed by atoms with Crippen LogP contribution in [0.5, 0.6) is 11.5 Å². The summed E-state index contributed by atoms with van der Waals surface area (Å²) in [5.41, 5.74) is 3.36. The number of fused-ring (bicyclic) bond motifs is 2. The molecule has 0 fully saturated rings. The predicted octanol–water partition coefficient (Wildman–Crippen LogP) is 6.70. The van der Waals surface area contributed by atoms with E-state index in [4.69, 9.17) is 37.4 Å². The quantitative estimate of drug-likeness (QED) is 0.229. The maximum atomic E-state index is 12.2. The van der Waals surface area contributed by atoms with Crippen molar-refractivity contribution in [2.75, 3.05) is 0 Å². The molecule has 2 heterocycles. The number of carbonyl (C=O) groups excluding carboxylic acids is 2. The second kappa shape index (κ2) is 7.87. The van der Waals surface area contributed by atoms with Crippen LogP contribution in [0, 0.1) is 0 Å². The number of hydrogen-bond donors (Lipinski definition) is 0. The molecule has 7 heteroatoms. The molecule has 0 aliphatic carbocycles. The number of ether oxygens (including phenoxy) is 3. The highest BCUT2D eigenvalue weighted by Gasteiger charge is 2.46. The Morgan fingerprint density at radius 3 is 1.31 bits per heavy atom. The first kappa shape index (κ1) is 21.7. The predicted molar refractivity (Wildman–Crippen MR) is 130 cm³/mol. The van der Waals surface area contributed by atoms with Gasteiger partial charge in [-0.2, -0.15) is 0 Å². The van der Waals surface area contributed by atoms with Gasteiger partial charge in [0.05, 0.1) is 11.1 Å². The van der Waals surface area contributed by atoms with Gasteiger partial charge in [-0.15, -0.1) is 0 Å². The van der Waals surface area contributed by atoms with E-state index in [9.17, 15) is 9.59 Å². The van der Waals surface area contributed by atoms with Crippen molar-refractivity contribution in [2.24, 2.45) is 0 Å². The number of hydrogen-bond acceptors (Lipinski definition) is 5. The van der Waals surface area contributed by atoms with Crippen LogP contribution in [0.4, 0.5) is 0 Å². The van der Waals surface area contributed by atoms with Crippen LogP contribution in [0.2, 0.25) is 0 Å². The molecule has 5 nitrogen and oxygen atoms in total. The zero-order chi connectivity index (χ0) is 24.2. The molecule has 0 amide bonds. The molecule has 6 rings (SSSR count). The van der Waals surface area contributed by atoms with Crippen molar-refractivity contribution in [1.82, 2.24) is 0 Å². The number of benzene rings is 4. The molecule has 0 bridgehead atoms. The second-order valence-electron chi connectivity index (χ2n) is 8.21. The first-order chi connectivity index (χ1) is 16.9. The minimum absolute atomic E-state index is 0.454. The highest BCUT2D eigenvalue weighted by atomic mass is 35.5. The third kappa shape index (κ3) is 3.39. The van der Waals surface area contributed by atoms with Gasteiger partial charge in [-0.25, -0.2) is 9.59 Å². The summed E-state index contributed by atoms with van der Waals surface area (Å²) < 4.78 is 17.0. The molecule has 0 saturated carbocycles. The zero-order valence-corrected chi connectivity index (χ0v) is 19.5. The Kier molecular flexibility index (Phi) is 4.88. The summed E-state index contributed by atoms with van der Waals surface area (Å²) in [7, 11) is 0. The molecule has 2 atom stereocenters. The summed E-state index contributed by atoms with van der Waals surface area (Å²) in [6, 6.07) is 28.2. The summed E-state index contributed by atoms with van der Waals surface area (Å²) in [6.07, 6.45) is 0. The molecule has 4 aromatic carbocycles. The van der Waals surface area contributed by atoms with Gasteiger partial charge in [-0.1, -0.05) is 59.6 Å². The van der Waals surface area contributed by atoms with Crippen LogP contribution in [-0.2, 0) is 19.6 Å². The second-order valence-corrected chi connectivity index (χ2v) is 9.28. The Morgan fingerprint density at radius 1 is 0.543 bits per heavy atom. The van der Waals surface area contributed by atoms with Crippen LogP contribution in [0.3, 0.4) is 0 Å². The van der Waals surface area contributed by atoms with E-state index >= 15 is 0 Å². The van der Waals surface area contributed by atoms with Crippen LogP contribution in [0.25, 0.3) is 0 Å². The van der Waals surface area contributed by atoms with Crippen molar-refractivity contribution in [3.05, 3.63) is 130 Å². The zero-order valence-electron chi connectivity index (χ0n) is 18.0. The van der Waals surface area contributed by atoms with Gasteiger partial charge in [-0.3, -0.25) is 0 Å². The minimum Gasteiger partial charge on any atom is -0.457 e. The van der Waals surface area contributed by atoms with Gasteiger partial charge in [0.1, 0.15) is 11.5 Å². The Balaban J connectivity index is 1.22. The summed E-state index contributed by atoms with van der Waals surface area (Å²) in [4.78, 5) is 24.5. The van der Waals surface area contributed by atoms with Crippen LogP contribution >= 0.6 is 23.2 Å². The maximum Gasteiger partial charge on any atom is 0.340 e. The summed E-state index contributed by atoms with van der Waals surface area (Å²) in [5.74, 6) is 0.225. The van der Waals surface area contributed by atoms with E-state index in [1.165, 1.54) is 0 Å². The highest BCUT2D eigenvalue weighted by molar-refractivity contribution is 6.28. The molecule has 0 aromatic heterocycles. The van der Waals surface area contributed by atoms with E-state index in [-0.39, 0.29) is 0 Å². The topological polar surface area (TPSA) is 61.8 Å². The lowest BCUT2D eigenvalue weighted by atomic mass is 9.98. The fourth-order valence-electron chi connectivity index (χ4n) is 4.40. The number of carbonyl (C=O) groups is 2. The van der Waals surface area contributed by atoms with Crippen molar-refractivity contribution in [3.8, 4) is 11.5 Å². The van der Waals surface area contributed by atoms with Crippen LogP contribution in [0.1, 0.15) is 43.0 Å². The third-order valence-corrected chi connectivity index (χ3v) is 7.14. The number of halogens is 2. The molecule has 0 radical (unpaired) electrons. The normalized spacial score (nSPS) is 22.2. The monoisotopic (exact) mass is 502 g/mol. The molecule has 0 unspecified atom stereocenters. The van der Waals surface area contributed by atoms with Gasteiger partial charge in [0, 0.05) is 22.3 Å². The number of alkyl halides is 2. The van der Waals surface area contributed by atoms with Gasteiger partial charge < -0.3 is 14.2 Å². The molecule has 4 aromatic rings. The van der Waals surface area contributed by atoms with E-state index in [2.05, 4.69) is 0 Å². The van der Waals surface area contributed by atoms with E-state index in [1.807, 2.05) is 12.1 Å². The minimum atomic E-state index is -1.38. The standard InChI is InChI=1S/C28H16Cl2O5/c29-27(23-7-3-1-5-21(23)25(31)34-27)17-9-13-19(14-10-17)33-20-15-11-18(12-16-20)28(30)24-8-4-2-6-22(24)26(32)35-28/h1-16H/t27-,28+. The van der Waals surface area contributed by atoms with E-state index < -0.39 is 22.1 Å². The molecule has 35 heavy (non-hydrogen) atoms. The van der Waals surface area contributed by atoms with Crippen LogP contribution in [-0.4, -0.2) is 11.9 Å². The lowest BCUT2D eigenvalue weighted by molar-refractivity contribution is 0.0356. The average Bonchev–Trinajstić information content (AvgIpc) is 3.31. The lowest BCUT2D eigenvalue weighted by Gasteiger charge is -2.22. The SMILES string of the molecule is O=C1O[C@@](Cl)(c2ccc(Oc3ccc([C@@]4(Cl)OC(=O)c5ccccc54)cc3)cc2)c2ccccc21. The maximum absolute atomic E-state index is 12.2. The van der Waals surface area contributed by atoms with E-state index in [1.54, 1.807) is 84.9 Å². The van der Waals surface area contributed by atoms with Gasteiger partial charge in [0.25, 0.3) is 0 Å². The first-order valence-corrected chi connectivity index (χ1v) is 11.6. The Hall–Kier alpha value is -3.80. The molecular weight excluding hydrogens is 487 g/mol. The van der Waals surface area contributed by atoms with Crippen LogP contribution < -0.4 is 4.74 Å². The van der Waals surface area contributed by atoms with Gasteiger partial charge in [-0.05, 0) is 60.7 Å². The highest BCUT2D eigenvalue weighted by Crippen LogP contribution is 2.47. The van der Waals surface area contributed by atoms with Crippen molar-refractivity contribution >= 4 is 35.1 Å². The Morgan fingerprint density at radius 2 is 0.914 bits per heavy atom. The van der Waals surface area contributed by atoms with Gasteiger partial charge in [0.15, 0.2) is 0 Å². The van der Waals surface area contributed by atoms with E-state index in [0.29, 0.717) is 44.9 Å². The third-order valence-electron chi connectivity index (χ3n) is 6.14. The molecule has 2 aliphatic heterocycles. The van der Waals surface area contributed by atoms with Crippen molar-refractivity contribution in [2.45, 2.75) is 10.1 Å². The molecule has 0 N–H and O–H groups in total. The van der Waals surface area contributed by atoms with Crippen molar-refractivity contribution in [1.29, 1.82) is 0 Å². The summed E-state index contributed by atoms with van der Waals surface area (Å²) in [6.45, 7) is 0. The number of cyclic esters (lactones) is 2. The fourth-order valence-corrected chi connectivity index (χ4v) is 5.12. The molecule has 0 spiro atoms.